The molecule has 5 nitrogen and oxygen atoms in total. The minimum absolute atomic E-state index is 0.00587. The van der Waals surface area contributed by atoms with Gasteiger partial charge in [-0.1, -0.05) is 18.2 Å². The first-order chi connectivity index (χ1) is 12.0. The minimum atomic E-state index is -0.868. The summed E-state index contributed by atoms with van der Waals surface area (Å²) in [6.45, 7) is 0. The van der Waals surface area contributed by atoms with Gasteiger partial charge in [0.15, 0.2) is 0 Å². The Hall–Kier alpha value is -3.16. The van der Waals surface area contributed by atoms with E-state index in [1.807, 2.05) is 0 Å². The van der Waals surface area contributed by atoms with E-state index in [1.54, 1.807) is 6.07 Å². The third kappa shape index (κ3) is 3.85. The lowest BCUT2D eigenvalue weighted by Gasteiger charge is -2.06. The van der Waals surface area contributed by atoms with Crippen molar-refractivity contribution in [1.29, 1.82) is 0 Å². The average Bonchev–Trinajstić information content (AvgIpc) is 3.06. The van der Waals surface area contributed by atoms with Crippen LogP contribution in [0.1, 0.15) is 12.3 Å². The summed E-state index contributed by atoms with van der Waals surface area (Å²) >= 11 is 0. The van der Waals surface area contributed by atoms with E-state index in [0.29, 0.717) is 0 Å². The van der Waals surface area contributed by atoms with Crippen LogP contribution in [0.25, 0.3) is 11.5 Å². The first-order valence-electron chi connectivity index (χ1n) is 7.36. The highest BCUT2D eigenvalue weighted by Gasteiger charge is 2.15. The number of carbonyl (C=O) groups is 1. The number of benzene rings is 2. The SMILES string of the molecule is O=C(CCc1nnc(-c2ccccc2F)o1)Nc1c(F)cccc1F. The number of carbonyl (C=O) groups excluding carboxylic acids is 1. The zero-order chi connectivity index (χ0) is 17.8. The van der Waals surface area contributed by atoms with Gasteiger partial charge in [0.05, 0.1) is 5.56 Å². The molecular formula is C17H12F3N3O2. The van der Waals surface area contributed by atoms with Gasteiger partial charge in [-0.15, -0.1) is 10.2 Å². The maximum absolute atomic E-state index is 13.7. The number of nitrogens with zero attached hydrogens (tertiary/aromatic N) is 2. The summed E-state index contributed by atoms with van der Waals surface area (Å²) in [6.07, 6.45) is -0.0873. The van der Waals surface area contributed by atoms with E-state index < -0.39 is 29.0 Å². The monoisotopic (exact) mass is 347 g/mol. The zero-order valence-electron chi connectivity index (χ0n) is 12.8. The van der Waals surface area contributed by atoms with Gasteiger partial charge in [-0.2, -0.15) is 0 Å². The second-order valence-electron chi connectivity index (χ2n) is 5.13. The normalized spacial score (nSPS) is 10.7. The highest BCUT2D eigenvalue weighted by molar-refractivity contribution is 5.91. The Balaban J connectivity index is 1.63. The van der Waals surface area contributed by atoms with Crippen LogP contribution >= 0.6 is 0 Å². The molecule has 0 bridgehead atoms. The fourth-order valence-corrected chi connectivity index (χ4v) is 2.14. The number of aryl methyl sites for hydroxylation is 1. The molecular weight excluding hydrogens is 335 g/mol. The van der Waals surface area contributed by atoms with Gasteiger partial charge >= 0.3 is 0 Å². The average molecular weight is 347 g/mol. The van der Waals surface area contributed by atoms with Crippen LogP contribution in [-0.2, 0) is 11.2 Å². The molecule has 3 aromatic rings. The summed E-state index contributed by atoms with van der Waals surface area (Å²) in [6, 6.07) is 9.18. The van der Waals surface area contributed by atoms with Gasteiger partial charge < -0.3 is 9.73 Å². The van der Waals surface area contributed by atoms with Crippen LogP contribution in [0.2, 0.25) is 0 Å². The number of halogens is 3. The third-order valence-corrected chi connectivity index (χ3v) is 3.36. The molecule has 3 rings (SSSR count). The summed E-state index contributed by atoms with van der Waals surface area (Å²) in [5.74, 6) is -2.75. The van der Waals surface area contributed by atoms with Crippen molar-refractivity contribution >= 4 is 11.6 Å². The van der Waals surface area contributed by atoms with E-state index in [1.165, 1.54) is 24.3 Å². The molecule has 0 saturated carbocycles. The molecule has 8 heteroatoms. The molecule has 1 heterocycles. The van der Waals surface area contributed by atoms with E-state index in [0.717, 1.165) is 12.1 Å². The van der Waals surface area contributed by atoms with E-state index in [-0.39, 0.29) is 30.2 Å². The predicted octanol–water partition coefficient (Wildman–Crippen LogP) is 3.73. The molecule has 0 fully saturated rings. The summed E-state index contributed by atoms with van der Waals surface area (Å²) in [7, 11) is 0. The Bertz CT molecular complexity index is 891. The second kappa shape index (κ2) is 7.16. The third-order valence-electron chi connectivity index (χ3n) is 3.36. The van der Waals surface area contributed by atoms with E-state index >= 15 is 0 Å². The van der Waals surface area contributed by atoms with E-state index in [9.17, 15) is 18.0 Å². The Labute approximate surface area is 140 Å². The fourth-order valence-electron chi connectivity index (χ4n) is 2.14. The maximum Gasteiger partial charge on any atom is 0.250 e. The van der Waals surface area contributed by atoms with Gasteiger partial charge in [-0.05, 0) is 24.3 Å². The molecule has 0 aliphatic heterocycles. The van der Waals surface area contributed by atoms with Crippen molar-refractivity contribution in [2.75, 3.05) is 5.32 Å². The van der Waals surface area contributed by atoms with Crippen LogP contribution in [-0.4, -0.2) is 16.1 Å². The number of nitrogens with one attached hydrogen (secondary N) is 1. The number of amides is 1. The number of aromatic nitrogens is 2. The lowest BCUT2D eigenvalue weighted by atomic mass is 10.2. The first-order valence-corrected chi connectivity index (χ1v) is 7.36. The van der Waals surface area contributed by atoms with E-state index in [2.05, 4.69) is 15.5 Å². The fraction of sp³-hybridized carbons (Fsp3) is 0.118. The van der Waals surface area contributed by atoms with Crippen LogP contribution in [0.4, 0.5) is 18.9 Å². The van der Waals surface area contributed by atoms with E-state index in [4.69, 9.17) is 4.42 Å². The predicted molar refractivity (Wildman–Crippen MR) is 83.0 cm³/mol. The van der Waals surface area contributed by atoms with Crippen LogP contribution in [0, 0.1) is 17.5 Å². The lowest BCUT2D eigenvalue weighted by Crippen LogP contribution is -2.14. The molecule has 0 aliphatic rings. The van der Waals surface area contributed by atoms with Crippen LogP contribution < -0.4 is 5.32 Å². The number of rotatable bonds is 5. The van der Waals surface area contributed by atoms with Crippen molar-refractivity contribution in [2.45, 2.75) is 12.8 Å². The number of hydrogen-bond donors (Lipinski definition) is 1. The lowest BCUT2D eigenvalue weighted by molar-refractivity contribution is -0.116. The van der Waals surface area contributed by atoms with Gasteiger partial charge in [-0.25, -0.2) is 13.2 Å². The summed E-state index contributed by atoms with van der Waals surface area (Å²) in [5.41, 5.74) is -0.357. The van der Waals surface area contributed by atoms with Gasteiger partial charge in [0.2, 0.25) is 11.8 Å². The van der Waals surface area contributed by atoms with Crippen molar-refractivity contribution in [1.82, 2.24) is 10.2 Å². The molecule has 0 aliphatic carbocycles. The topological polar surface area (TPSA) is 68.0 Å². The zero-order valence-corrected chi connectivity index (χ0v) is 12.8. The molecule has 0 saturated heterocycles. The van der Waals surface area contributed by atoms with Crippen molar-refractivity contribution in [2.24, 2.45) is 0 Å². The summed E-state index contributed by atoms with van der Waals surface area (Å²) in [4.78, 5) is 11.8. The first kappa shape index (κ1) is 16.7. The number of para-hydroxylation sites is 1. The Morgan fingerprint density at radius 3 is 2.36 bits per heavy atom. The standard InChI is InChI=1S/C17H12F3N3O2/c18-11-5-2-1-4-10(11)17-23-22-15(25-17)9-8-14(24)21-16-12(19)6-3-7-13(16)20/h1-7H,8-9H2,(H,21,24). The minimum Gasteiger partial charge on any atom is -0.421 e. The molecule has 25 heavy (non-hydrogen) atoms. The largest absolute Gasteiger partial charge is 0.421 e. The quantitative estimate of drug-likeness (QED) is 0.764. The molecule has 1 amide bonds. The van der Waals surface area contributed by atoms with Crippen LogP contribution in [0.3, 0.4) is 0 Å². The number of hydrogen-bond acceptors (Lipinski definition) is 4. The highest BCUT2D eigenvalue weighted by atomic mass is 19.1. The molecule has 2 aromatic carbocycles. The summed E-state index contributed by atoms with van der Waals surface area (Å²) in [5, 5.41) is 9.62. The molecule has 0 spiro atoms. The van der Waals surface area contributed by atoms with Gasteiger partial charge in [-0.3, -0.25) is 4.79 Å². The Morgan fingerprint density at radius 2 is 1.64 bits per heavy atom. The van der Waals surface area contributed by atoms with Crippen molar-refractivity contribution in [3.8, 4) is 11.5 Å². The molecule has 0 radical (unpaired) electrons. The number of anilines is 1. The Morgan fingerprint density at radius 1 is 0.960 bits per heavy atom. The molecule has 1 N–H and O–H groups in total. The molecule has 0 unspecified atom stereocenters. The van der Waals surface area contributed by atoms with Crippen molar-refractivity contribution in [3.05, 3.63) is 65.8 Å². The second-order valence-corrected chi connectivity index (χ2v) is 5.13. The highest BCUT2D eigenvalue weighted by Crippen LogP contribution is 2.22. The van der Waals surface area contributed by atoms with Crippen molar-refractivity contribution < 1.29 is 22.4 Å². The van der Waals surface area contributed by atoms with Gasteiger partial charge in [0, 0.05) is 12.8 Å². The Kier molecular flexibility index (Phi) is 4.78. The maximum atomic E-state index is 13.7. The molecule has 1 aromatic heterocycles. The van der Waals surface area contributed by atoms with Crippen molar-refractivity contribution in [3.63, 3.8) is 0 Å². The molecule has 0 atom stereocenters. The smallest absolute Gasteiger partial charge is 0.250 e. The summed E-state index contributed by atoms with van der Waals surface area (Å²) < 4.78 is 45.9. The van der Waals surface area contributed by atoms with Crippen LogP contribution in [0.15, 0.2) is 46.9 Å². The van der Waals surface area contributed by atoms with Gasteiger partial charge in [0.1, 0.15) is 23.1 Å². The molecule has 128 valence electrons. The van der Waals surface area contributed by atoms with Crippen LogP contribution in [0.5, 0.6) is 0 Å². The van der Waals surface area contributed by atoms with Gasteiger partial charge in [0.25, 0.3) is 5.89 Å².